The minimum Gasteiger partial charge on any atom is -0.357 e. The van der Waals surface area contributed by atoms with E-state index in [2.05, 4.69) is 63.6 Å². The number of aliphatic imine (C=N–C) groups is 1. The predicted octanol–water partition coefficient (Wildman–Crippen LogP) is 3.57. The van der Waals surface area contributed by atoms with Crippen LogP contribution in [0, 0.1) is 6.92 Å². The molecule has 1 aliphatic heterocycles. The van der Waals surface area contributed by atoms with E-state index in [1.54, 1.807) is 11.3 Å². The molecule has 1 aromatic heterocycles. The monoisotopic (exact) mass is 499 g/mol. The van der Waals surface area contributed by atoms with Gasteiger partial charge in [-0.25, -0.2) is 9.98 Å². The third-order valence-corrected chi connectivity index (χ3v) is 5.44. The Labute approximate surface area is 183 Å². The maximum atomic E-state index is 4.64. The molecule has 3 rings (SSSR count). The first-order chi connectivity index (χ1) is 12.7. The van der Waals surface area contributed by atoms with Crippen LogP contribution in [0.3, 0.4) is 0 Å². The van der Waals surface area contributed by atoms with Crippen molar-refractivity contribution in [2.45, 2.75) is 39.8 Å². The molecule has 0 aliphatic carbocycles. The van der Waals surface area contributed by atoms with Crippen molar-refractivity contribution >= 4 is 41.3 Å². The van der Waals surface area contributed by atoms with Crippen LogP contribution >= 0.6 is 35.3 Å². The summed E-state index contributed by atoms with van der Waals surface area (Å²) in [5.74, 6) is 0.879. The summed E-state index contributed by atoms with van der Waals surface area (Å²) in [6, 6.07) is 8.81. The van der Waals surface area contributed by atoms with Gasteiger partial charge in [0.05, 0.1) is 6.54 Å². The number of fused-ring (bicyclic) bond motifs is 1. The molecule has 0 atom stereocenters. The van der Waals surface area contributed by atoms with Crippen LogP contribution in [0.4, 0.5) is 0 Å². The normalized spacial score (nSPS) is 14.4. The minimum absolute atomic E-state index is 0. The fourth-order valence-electron chi connectivity index (χ4n) is 3.22. The number of aromatic nitrogens is 1. The molecule has 0 bridgehead atoms. The number of rotatable bonds is 7. The molecule has 0 unspecified atom stereocenters. The van der Waals surface area contributed by atoms with Crippen LogP contribution in [-0.4, -0.2) is 42.0 Å². The summed E-state index contributed by atoms with van der Waals surface area (Å²) in [6.07, 6.45) is 4.19. The van der Waals surface area contributed by atoms with E-state index in [-0.39, 0.29) is 24.0 Å². The van der Waals surface area contributed by atoms with Gasteiger partial charge < -0.3 is 10.6 Å². The van der Waals surface area contributed by atoms with Gasteiger partial charge in [-0.3, -0.25) is 4.90 Å². The van der Waals surface area contributed by atoms with Crippen molar-refractivity contribution in [2.75, 3.05) is 26.2 Å². The molecule has 0 saturated heterocycles. The second-order valence-electron chi connectivity index (χ2n) is 6.64. The van der Waals surface area contributed by atoms with Crippen molar-refractivity contribution in [3.63, 3.8) is 0 Å². The number of benzene rings is 1. The first-order valence-corrected chi connectivity index (χ1v) is 10.3. The van der Waals surface area contributed by atoms with E-state index in [4.69, 9.17) is 0 Å². The number of thiazole rings is 1. The Hall–Kier alpha value is -1.19. The maximum Gasteiger partial charge on any atom is 0.191 e. The molecule has 5 nitrogen and oxygen atoms in total. The fraction of sp³-hybridized carbons (Fsp3) is 0.500. The average molecular weight is 499 g/mol. The number of aryl methyl sites for hydroxylation is 1. The number of hydrogen-bond acceptors (Lipinski definition) is 4. The summed E-state index contributed by atoms with van der Waals surface area (Å²) in [4.78, 5) is 12.8. The first-order valence-electron chi connectivity index (χ1n) is 9.47. The zero-order valence-electron chi connectivity index (χ0n) is 16.2. The zero-order valence-corrected chi connectivity index (χ0v) is 19.3. The predicted molar refractivity (Wildman–Crippen MR) is 125 cm³/mol. The van der Waals surface area contributed by atoms with Gasteiger partial charge in [-0.2, -0.15) is 0 Å². The third kappa shape index (κ3) is 7.04. The van der Waals surface area contributed by atoms with Crippen molar-refractivity contribution in [3.8, 4) is 0 Å². The molecule has 0 amide bonds. The topological polar surface area (TPSA) is 52.6 Å². The summed E-state index contributed by atoms with van der Waals surface area (Å²) >= 11 is 1.71. The zero-order chi connectivity index (χ0) is 18.2. The Morgan fingerprint density at radius 1 is 1.26 bits per heavy atom. The largest absolute Gasteiger partial charge is 0.357 e. The van der Waals surface area contributed by atoms with Gasteiger partial charge in [-0.05, 0) is 37.8 Å². The lowest BCUT2D eigenvalue weighted by molar-refractivity contribution is 0.251. The van der Waals surface area contributed by atoms with E-state index >= 15 is 0 Å². The summed E-state index contributed by atoms with van der Waals surface area (Å²) in [5, 5.41) is 7.82. The van der Waals surface area contributed by atoms with Crippen molar-refractivity contribution in [1.82, 2.24) is 20.5 Å². The van der Waals surface area contributed by atoms with Crippen molar-refractivity contribution in [1.29, 1.82) is 0 Å². The molecule has 7 heteroatoms. The van der Waals surface area contributed by atoms with Gasteiger partial charge in [0, 0.05) is 43.8 Å². The van der Waals surface area contributed by atoms with E-state index in [9.17, 15) is 0 Å². The molecule has 2 aromatic rings. The van der Waals surface area contributed by atoms with Crippen LogP contribution in [0.25, 0.3) is 0 Å². The van der Waals surface area contributed by atoms with Crippen LogP contribution in [0.15, 0.2) is 35.5 Å². The van der Waals surface area contributed by atoms with Crippen LogP contribution in [0.5, 0.6) is 0 Å². The highest BCUT2D eigenvalue weighted by Gasteiger charge is 2.14. The minimum atomic E-state index is 0. The molecule has 148 valence electrons. The van der Waals surface area contributed by atoms with E-state index in [1.807, 2.05) is 6.20 Å². The van der Waals surface area contributed by atoms with E-state index in [0.29, 0.717) is 6.54 Å². The molecule has 1 aliphatic rings. The highest BCUT2D eigenvalue weighted by Crippen LogP contribution is 2.18. The van der Waals surface area contributed by atoms with Gasteiger partial charge in [0.25, 0.3) is 0 Å². The van der Waals surface area contributed by atoms with Gasteiger partial charge in [-0.15, -0.1) is 35.3 Å². The Morgan fingerprint density at radius 2 is 2.07 bits per heavy atom. The smallest absolute Gasteiger partial charge is 0.191 e. The Kier molecular flexibility index (Phi) is 9.50. The Balaban J connectivity index is 0.00000261. The number of halogens is 1. The molecule has 0 saturated carbocycles. The molecule has 0 spiro atoms. The molecule has 27 heavy (non-hydrogen) atoms. The summed E-state index contributed by atoms with van der Waals surface area (Å²) in [6.45, 7) is 9.96. The van der Waals surface area contributed by atoms with Crippen molar-refractivity contribution < 1.29 is 0 Å². The van der Waals surface area contributed by atoms with Gasteiger partial charge in [0.2, 0.25) is 0 Å². The number of nitrogens with one attached hydrogen (secondary N) is 2. The number of hydrogen-bond donors (Lipinski definition) is 2. The summed E-state index contributed by atoms with van der Waals surface area (Å²) in [5.41, 5.74) is 3.00. The van der Waals surface area contributed by atoms with Gasteiger partial charge >= 0.3 is 0 Å². The summed E-state index contributed by atoms with van der Waals surface area (Å²) in [7, 11) is 0. The van der Waals surface area contributed by atoms with Crippen LogP contribution in [0.1, 0.15) is 34.4 Å². The molecule has 2 N–H and O–H groups in total. The standard InChI is InChI=1S/C20H29N5S.HI/c1-3-21-20(24-14-19-23-13-16(2)26-19)22-10-6-11-25-12-9-17-7-4-5-8-18(17)15-25;/h4-5,7-8,13H,3,6,9-12,14-15H2,1-2H3,(H2,21,22,24);1H. The average Bonchev–Trinajstić information content (AvgIpc) is 3.08. The second-order valence-corrected chi connectivity index (χ2v) is 7.95. The van der Waals surface area contributed by atoms with Crippen molar-refractivity contribution in [2.24, 2.45) is 4.99 Å². The Bertz CT molecular complexity index is 731. The molecular formula is C20H30IN5S. The van der Waals surface area contributed by atoms with Crippen LogP contribution in [0.2, 0.25) is 0 Å². The van der Waals surface area contributed by atoms with Gasteiger partial charge in [-0.1, -0.05) is 24.3 Å². The highest BCUT2D eigenvalue weighted by molar-refractivity contribution is 14.0. The lowest BCUT2D eigenvalue weighted by atomic mass is 10.00. The highest BCUT2D eigenvalue weighted by atomic mass is 127. The SMILES string of the molecule is CCNC(=NCc1ncc(C)s1)NCCCN1CCc2ccccc2C1.I. The Morgan fingerprint density at radius 3 is 2.81 bits per heavy atom. The third-order valence-electron chi connectivity index (χ3n) is 4.54. The quantitative estimate of drug-likeness (QED) is 0.265. The lowest BCUT2D eigenvalue weighted by Gasteiger charge is -2.28. The fourth-order valence-corrected chi connectivity index (χ4v) is 3.93. The van der Waals surface area contributed by atoms with E-state index in [1.165, 1.54) is 22.4 Å². The summed E-state index contributed by atoms with van der Waals surface area (Å²) < 4.78 is 0. The second kappa shape index (κ2) is 11.6. The van der Waals surface area contributed by atoms with Crippen LogP contribution < -0.4 is 10.6 Å². The molecular weight excluding hydrogens is 469 g/mol. The lowest BCUT2D eigenvalue weighted by Crippen LogP contribution is -2.39. The molecule has 2 heterocycles. The van der Waals surface area contributed by atoms with Gasteiger partial charge in [0.15, 0.2) is 5.96 Å². The molecule has 1 aromatic carbocycles. The maximum absolute atomic E-state index is 4.64. The van der Waals surface area contributed by atoms with Crippen molar-refractivity contribution in [3.05, 3.63) is 51.5 Å². The van der Waals surface area contributed by atoms with E-state index < -0.39 is 0 Å². The first kappa shape index (κ1) is 22.1. The van der Waals surface area contributed by atoms with E-state index in [0.717, 1.165) is 50.1 Å². The number of nitrogens with zero attached hydrogens (tertiary/aromatic N) is 3. The van der Waals surface area contributed by atoms with Gasteiger partial charge in [0.1, 0.15) is 5.01 Å². The molecule has 0 radical (unpaired) electrons. The van der Waals surface area contributed by atoms with Crippen LogP contribution in [-0.2, 0) is 19.5 Å². The number of guanidine groups is 1. The molecule has 0 fully saturated rings.